The summed E-state index contributed by atoms with van der Waals surface area (Å²) in [5.41, 5.74) is 13.5. The van der Waals surface area contributed by atoms with Crippen LogP contribution < -0.4 is 4.90 Å². The van der Waals surface area contributed by atoms with E-state index in [-0.39, 0.29) is 10.8 Å². The Morgan fingerprint density at radius 1 is 0.514 bits per heavy atom. The van der Waals surface area contributed by atoms with Gasteiger partial charge in [0.25, 0.3) is 0 Å². The van der Waals surface area contributed by atoms with Gasteiger partial charge in [-0.05, 0) is 83.1 Å². The number of benzene rings is 4. The average molecular weight is 479 g/mol. The lowest BCUT2D eigenvalue weighted by Crippen LogP contribution is -2.38. The predicted molar refractivity (Wildman–Crippen MR) is 154 cm³/mol. The Kier molecular flexibility index (Phi) is 4.57. The molecular formula is C35H30N2. The first kappa shape index (κ1) is 22.1. The van der Waals surface area contributed by atoms with Crippen molar-refractivity contribution < 1.29 is 0 Å². The number of nitrogens with zero attached hydrogens (tertiary/aromatic N) is 2. The quantitative estimate of drug-likeness (QED) is 0.251. The molecule has 0 amide bonds. The predicted octanol–water partition coefficient (Wildman–Crippen LogP) is 9.16. The van der Waals surface area contributed by atoms with Crippen molar-refractivity contribution in [2.75, 3.05) is 4.90 Å². The number of aromatic nitrogens is 1. The van der Waals surface area contributed by atoms with E-state index in [2.05, 4.69) is 136 Å². The molecule has 1 aromatic heterocycles. The number of hydrogen-bond acceptors (Lipinski definition) is 2. The van der Waals surface area contributed by atoms with Crippen LogP contribution >= 0.6 is 0 Å². The van der Waals surface area contributed by atoms with Crippen LogP contribution in [0.3, 0.4) is 0 Å². The molecule has 0 N–H and O–H groups in total. The molecule has 180 valence electrons. The highest BCUT2D eigenvalue weighted by molar-refractivity contribution is 5.93. The maximum atomic E-state index is 5.03. The van der Waals surface area contributed by atoms with Gasteiger partial charge in [0.05, 0.1) is 22.8 Å². The molecule has 7 rings (SSSR count). The highest BCUT2D eigenvalue weighted by Gasteiger charge is 2.46. The van der Waals surface area contributed by atoms with E-state index in [1.165, 1.54) is 56.0 Å². The van der Waals surface area contributed by atoms with Gasteiger partial charge in [-0.3, -0.25) is 4.98 Å². The number of rotatable bonds is 2. The van der Waals surface area contributed by atoms with Crippen LogP contribution in [0.15, 0.2) is 109 Å². The molecule has 2 aliphatic heterocycles. The second-order valence-corrected chi connectivity index (χ2v) is 11.3. The van der Waals surface area contributed by atoms with Crippen molar-refractivity contribution in [3.05, 3.63) is 132 Å². The zero-order valence-corrected chi connectivity index (χ0v) is 21.8. The Morgan fingerprint density at radius 3 is 1.57 bits per heavy atom. The molecule has 0 spiro atoms. The summed E-state index contributed by atoms with van der Waals surface area (Å²) in [4.78, 5) is 7.50. The Labute approximate surface area is 219 Å². The lowest BCUT2D eigenvalue weighted by atomic mass is 9.68. The van der Waals surface area contributed by atoms with Crippen molar-refractivity contribution in [1.82, 2.24) is 4.98 Å². The summed E-state index contributed by atoms with van der Waals surface area (Å²) in [7, 11) is 0. The van der Waals surface area contributed by atoms with Gasteiger partial charge >= 0.3 is 0 Å². The Morgan fingerprint density at radius 2 is 1.03 bits per heavy atom. The first-order valence-electron chi connectivity index (χ1n) is 13.1. The van der Waals surface area contributed by atoms with Crippen molar-refractivity contribution in [2.24, 2.45) is 0 Å². The second kappa shape index (κ2) is 7.66. The molecule has 0 radical (unpaired) electrons. The van der Waals surface area contributed by atoms with Crippen LogP contribution in [0, 0.1) is 0 Å². The third-order valence-electron chi connectivity index (χ3n) is 8.45. The summed E-state index contributed by atoms with van der Waals surface area (Å²) in [6, 6.07) is 37.5. The van der Waals surface area contributed by atoms with Gasteiger partial charge in [-0.25, -0.2) is 0 Å². The smallest absolute Gasteiger partial charge is 0.0747 e. The molecular weight excluding hydrogens is 448 g/mol. The Bertz CT molecular complexity index is 1540. The minimum atomic E-state index is -0.223. The first-order valence-corrected chi connectivity index (χ1v) is 13.1. The summed E-state index contributed by atoms with van der Waals surface area (Å²) in [6.07, 6.45) is 2.01. The van der Waals surface area contributed by atoms with E-state index in [9.17, 15) is 0 Å². The molecule has 0 bridgehead atoms. The maximum absolute atomic E-state index is 5.03. The molecule has 3 heterocycles. The highest BCUT2D eigenvalue weighted by atomic mass is 15.2. The molecule has 5 aromatic rings. The van der Waals surface area contributed by atoms with E-state index in [0.29, 0.717) is 0 Å². The van der Waals surface area contributed by atoms with E-state index in [0.717, 1.165) is 5.69 Å². The van der Waals surface area contributed by atoms with Gasteiger partial charge in [-0.15, -0.1) is 0 Å². The third-order valence-corrected chi connectivity index (χ3v) is 8.45. The van der Waals surface area contributed by atoms with Crippen LogP contribution in [0.5, 0.6) is 0 Å². The minimum Gasteiger partial charge on any atom is -0.308 e. The minimum absolute atomic E-state index is 0.152. The molecule has 4 aromatic carbocycles. The lowest BCUT2D eigenvalue weighted by Gasteiger charge is -2.48. The van der Waals surface area contributed by atoms with Crippen molar-refractivity contribution in [2.45, 2.75) is 38.5 Å². The average Bonchev–Trinajstić information content (AvgIpc) is 2.93. The topological polar surface area (TPSA) is 16.1 Å². The fraction of sp³-hybridized carbons (Fsp3) is 0.171. The van der Waals surface area contributed by atoms with E-state index in [1.807, 2.05) is 6.20 Å². The number of anilines is 3. The van der Waals surface area contributed by atoms with E-state index in [4.69, 9.17) is 4.98 Å². The van der Waals surface area contributed by atoms with Crippen LogP contribution in [0.25, 0.3) is 22.3 Å². The van der Waals surface area contributed by atoms with Crippen LogP contribution in [0.1, 0.15) is 50.1 Å². The van der Waals surface area contributed by atoms with Gasteiger partial charge in [0.15, 0.2) is 0 Å². The SMILES string of the molecule is CC1(C)c2cc(-c3ccccc3)ccc2N2c3ccc(-c4ccccc4)cc3C(C)(C)c3nccc1c32. The van der Waals surface area contributed by atoms with Crippen molar-refractivity contribution in [1.29, 1.82) is 0 Å². The van der Waals surface area contributed by atoms with Crippen LogP contribution in [-0.2, 0) is 10.8 Å². The normalized spacial score (nSPS) is 15.9. The summed E-state index contributed by atoms with van der Waals surface area (Å²) >= 11 is 0. The summed E-state index contributed by atoms with van der Waals surface area (Å²) < 4.78 is 0. The van der Waals surface area contributed by atoms with Gasteiger partial charge in [0.1, 0.15) is 0 Å². The Balaban J connectivity index is 1.50. The standard InChI is InChI=1S/C35H30N2/c1-34(2)27-19-20-36-33-32(27)37(30-17-15-25(21-28(30)34)23-11-7-5-8-12-23)31-18-16-26(22-29(31)35(33,3)4)24-13-9-6-10-14-24/h5-22H,1-4H3. The zero-order chi connectivity index (χ0) is 25.4. The fourth-order valence-electron chi connectivity index (χ4n) is 6.37. The van der Waals surface area contributed by atoms with Crippen molar-refractivity contribution >= 4 is 17.1 Å². The number of fused-ring (bicyclic) bond motifs is 4. The molecule has 37 heavy (non-hydrogen) atoms. The molecule has 0 saturated carbocycles. The number of pyridine rings is 1. The molecule has 2 nitrogen and oxygen atoms in total. The largest absolute Gasteiger partial charge is 0.308 e. The molecule has 0 atom stereocenters. The maximum Gasteiger partial charge on any atom is 0.0747 e. The first-order chi connectivity index (χ1) is 17.9. The highest BCUT2D eigenvalue weighted by Crippen LogP contribution is 2.59. The number of hydrogen-bond donors (Lipinski definition) is 0. The van der Waals surface area contributed by atoms with Crippen molar-refractivity contribution in [3.8, 4) is 22.3 Å². The summed E-state index contributed by atoms with van der Waals surface area (Å²) in [6.45, 7) is 9.35. The van der Waals surface area contributed by atoms with Gasteiger partial charge in [-0.1, -0.05) is 86.6 Å². The summed E-state index contributed by atoms with van der Waals surface area (Å²) in [5.74, 6) is 0. The molecule has 0 saturated heterocycles. The van der Waals surface area contributed by atoms with Crippen LogP contribution in [0.4, 0.5) is 17.1 Å². The zero-order valence-electron chi connectivity index (χ0n) is 21.8. The third kappa shape index (κ3) is 3.08. The second-order valence-electron chi connectivity index (χ2n) is 11.3. The monoisotopic (exact) mass is 478 g/mol. The summed E-state index contributed by atoms with van der Waals surface area (Å²) in [5, 5.41) is 0. The van der Waals surface area contributed by atoms with E-state index >= 15 is 0 Å². The molecule has 2 heteroatoms. The van der Waals surface area contributed by atoms with E-state index in [1.54, 1.807) is 0 Å². The van der Waals surface area contributed by atoms with Gasteiger partial charge in [-0.2, -0.15) is 0 Å². The van der Waals surface area contributed by atoms with Crippen LogP contribution in [-0.4, -0.2) is 4.98 Å². The van der Waals surface area contributed by atoms with Crippen LogP contribution in [0.2, 0.25) is 0 Å². The molecule has 2 aliphatic rings. The molecule has 0 unspecified atom stereocenters. The van der Waals surface area contributed by atoms with E-state index < -0.39 is 0 Å². The van der Waals surface area contributed by atoms with Crippen molar-refractivity contribution in [3.63, 3.8) is 0 Å². The lowest BCUT2D eigenvalue weighted by molar-refractivity contribution is 0.580. The van der Waals surface area contributed by atoms with Gasteiger partial charge in [0, 0.05) is 17.0 Å². The van der Waals surface area contributed by atoms with Gasteiger partial charge in [0.2, 0.25) is 0 Å². The Hall–Kier alpha value is -4.17. The van der Waals surface area contributed by atoms with Gasteiger partial charge < -0.3 is 4.90 Å². The molecule has 0 fully saturated rings. The fourth-order valence-corrected chi connectivity index (χ4v) is 6.37. The molecule has 0 aliphatic carbocycles.